The Morgan fingerprint density at radius 1 is 0.935 bits per heavy atom. The number of hydrogen-bond acceptors (Lipinski definition) is 3. The molecule has 2 aliphatic heterocycles. The maximum absolute atomic E-state index is 13.0. The molecule has 162 valence electrons. The second-order valence-corrected chi connectivity index (χ2v) is 8.70. The zero-order chi connectivity index (χ0) is 22.0. The highest BCUT2D eigenvalue weighted by molar-refractivity contribution is 6.42. The lowest BCUT2D eigenvalue weighted by molar-refractivity contribution is -0.129. The van der Waals surface area contributed by atoms with Gasteiger partial charge in [-0.05, 0) is 35.9 Å². The summed E-state index contributed by atoms with van der Waals surface area (Å²) in [7, 11) is 0. The lowest BCUT2D eigenvalue weighted by atomic mass is 10.2. The van der Waals surface area contributed by atoms with Crippen LogP contribution >= 0.6 is 34.8 Å². The zero-order valence-electron chi connectivity index (χ0n) is 16.7. The largest absolute Gasteiger partial charge is 0.368 e. The molecule has 0 spiro atoms. The number of halogens is 3. The number of anilines is 1. The van der Waals surface area contributed by atoms with E-state index in [1.54, 1.807) is 33.0 Å². The summed E-state index contributed by atoms with van der Waals surface area (Å²) in [5.74, 6) is -0.152. The predicted octanol–water partition coefficient (Wildman–Crippen LogP) is 4.70. The molecule has 0 aliphatic carbocycles. The second-order valence-electron chi connectivity index (χ2n) is 7.45. The van der Waals surface area contributed by atoms with Crippen molar-refractivity contribution in [2.24, 2.45) is 0 Å². The number of rotatable bonds is 3. The molecule has 0 N–H and O–H groups in total. The van der Waals surface area contributed by atoms with Crippen molar-refractivity contribution in [1.29, 1.82) is 0 Å². The Balaban J connectivity index is 1.37. The van der Waals surface area contributed by atoms with Crippen molar-refractivity contribution < 1.29 is 9.59 Å². The van der Waals surface area contributed by atoms with Gasteiger partial charge in [0.15, 0.2) is 0 Å². The molecule has 2 aromatic carbocycles. The van der Waals surface area contributed by atoms with E-state index in [-0.39, 0.29) is 18.6 Å². The molecule has 31 heavy (non-hydrogen) atoms. The first-order valence-corrected chi connectivity index (χ1v) is 11.0. The van der Waals surface area contributed by atoms with Crippen molar-refractivity contribution in [3.05, 3.63) is 75.4 Å². The molecule has 2 aromatic rings. The van der Waals surface area contributed by atoms with E-state index in [9.17, 15) is 9.59 Å². The number of benzene rings is 2. The van der Waals surface area contributed by atoms with Crippen molar-refractivity contribution in [3.63, 3.8) is 0 Å². The van der Waals surface area contributed by atoms with Gasteiger partial charge in [0.05, 0.1) is 10.0 Å². The molecular formula is C22H21Cl3N4O2. The van der Waals surface area contributed by atoms with Gasteiger partial charge in [-0.1, -0.05) is 46.9 Å². The van der Waals surface area contributed by atoms with Crippen LogP contribution in [-0.2, 0) is 11.3 Å². The fourth-order valence-corrected chi connectivity index (χ4v) is 4.19. The molecule has 4 rings (SSSR count). The van der Waals surface area contributed by atoms with Crippen molar-refractivity contribution in [2.45, 2.75) is 6.54 Å². The molecule has 1 saturated heterocycles. The Morgan fingerprint density at radius 2 is 1.71 bits per heavy atom. The Morgan fingerprint density at radius 3 is 2.42 bits per heavy atom. The van der Waals surface area contributed by atoms with E-state index in [0.29, 0.717) is 34.7 Å². The van der Waals surface area contributed by atoms with Gasteiger partial charge < -0.3 is 14.7 Å². The van der Waals surface area contributed by atoms with Crippen molar-refractivity contribution in [1.82, 2.24) is 14.7 Å². The molecule has 0 unspecified atom stereocenters. The van der Waals surface area contributed by atoms with Crippen LogP contribution in [0.15, 0.2) is 54.7 Å². The average Bonchev–Trinajstić information content (AvgIpc) is 2.77. The summed E-state index contributed by atoms with van der Waals surface area (Å²) in [4.78, 5) is 32.5. The minimum atomic E-state index is -0.152. The monoisotopic (exact) mass is 478 g/mol. The molecular weight excluding hydrogens is 459 g/mol. The Kier molecular flexibility index (Phi) is 6.60. The summed E-state index contributed by atoms with van der Waals surface area (Å²) in [6.45, 7) is 3.15. The highest BCUT2D eigenvalue weighted by atomic mass is 35.5. The van der Waals surface area contributed by atoms with Gasteiger partial charge in [0.25, 0.3) is 0 Å². The molecule has 0 atom stereocenters. The third kappa shape index (κ3) is 5.09. The van der Waals surface area contributed by atoms with Gasteiger partial charge in [-0.15, -0.1) is 0 Å². The third-order valence-corrected chi connectivity index (χ3v) is 6.33. The van der Waals surface area contributed by atoms with Gasteiger partial charge in [0, 0.05) is 55.7 Å². The molecule has 9 heteroatoms. The van der Waals surface area contributed by atoms with E-state index in [0.717, 1.165) is 24.3 Å². The van der Waals surface area contributed by atoms with Crippen LogP contribution in [0.2, 0.25) is 15.1 Å². The van der Waals surface area contributed by atoms with Crippen LogP contribution in [0.5, 0.6) is 0 Å². The van der Waals surface area contributed by atoms with Crippen LogP contribution in [-0.4, -0.2) is 59.5 Å². The summed E-state index contributed by atoms with van der Waals surface area (Å²) in [5.41, 5.74) is 1.90. The number of carbonyl (C=O) groups is 2. The van der Waals surface area contributed by atoms with Crippen molar-refractivity contribution in [2.75, 3.05) is 37.7 Å². The van der Waals surface area contributed by atoms with Gasteiger partial charge >= 0.3 is 6.03 Å². The molecule has 3 amide bonds. The van der Waals surface area contributed by atoms with E-state index >= 15 is 0 Å². The molecule has 0 bridgehead atoms. The first kappa shape index (κ1) is 21.8. The first-order valence-electron chi connectivity index (χ1n) is 9.88. The van der Waals surface area contributed by atoms with Crippen LogP contribution < -0.4 is 4.90 Å². The molecule has 6 nitrogen and oxygen atoms in total. The SMILES string of the molecule is O=C1C=CN(C(=O)N2CCN(c3cccc(Cl)c3)CC2)CN1Cc1ccc(Cl)c(Cl)c1. The van der Waals surface area contributed by atoms with Crippen LogP contribution in [0.1, 0.15) is 5.56 Å². The van der Waals surface area contributed by atoms with Gasteiger partial charge in [-0.3, -0.25) is 9.69 Å². The minimum absolute atomic E-state index is 0.117. The number of piperazine rings is 1. The number of amides is 3. The van der Waals surface area contributed by atoms with Gasteiger partial charge in [0.1, 0.15) is 6.67 Å². The number of hydrogen-bond donors (Lipinski definition) is 0. The molecule has 0 aromatic heterocycles. The van der Waals surface area contributed by atoms with E-state index in [1.807, 2.05) is 30.3 Å². The summed E-state index contributed by atoms with van der Waals surface area (Å²) in [6.07, 6.45) is 2.97. The van der Waals surface area contributed by atoms with E-state index in [4.69, 9.17) is 34.8 Å². The summed E-state index contributed by atoms with van der Waals surface area (Å²) in [5, 5.41) is 1.59. The molecule has 2 aliphatic rings. The Bertz CT molecular complexity index is 1020. The minimum Gasteiger partial charge on any atom is -0.368 e. The van der Waals surface area contributed by atoms with Crippen LogP contribution in [0.3, 0.4) is 0 Å². The van der Waals surface area contributed by atoms with Crippen LogP contribution in [0.4, 0.5) is 10.5 Å². The topological polar surface area (TPSA) is 47.1 Å². The van der Waals surface area contributed by atoms with E-state index in [1.165, 1.54) is 6.08 Å². The quantitative estimate of drug-likeness (QED) is 0.641. The Labute approximate surface area is 196 Å². The van der Waals surface area contributed by atoms with Crippen LogP contribution in [0, 0.1) is 0 Å². The molecule has 1 fully saturated rings. The third-order valence-electron chi connectivity index (χ3n) is 5.36. The highest BCUT2D eigenvalue weighted by Gasteiger charge is 2.28. The molecule has 2 heterocycles. The van der Waals surface area contributed by atoms with Crippen molar-refractivity contribution >= 4 is 52.4 Å². The normalized spacial score (nSPS) is 16.8. The second kappa shape index (κ2) is 9.39. The maximum Gasteiger partial charge on any atom is 0.325 e. The highest BCUT2D eigenvalue weighted by Crippen LogP contribution is 2.24. The lowest BCUT2D eigenvalue weighted by Gasteiger charge is -2.39. The predicted molar refractivity (Wildman–Crippen MR) is 123 cm³/mol. The first-order chi connectivity index (χ1) is 14.9. The van der Waals surface area contributed by atoms with Crippen molar-refractivity contribution in [3.8, 4) is 0 Å². The van der Waals surface area contributed by atoms with Crippen LogP contribution in [0.25, 0.3) is 0 Å². The number of nitrogens with zero attached hydrogens (tertiary/aromatic N) is 4. The summed E-state index contributed by atoms with van der Waals surface area (Å²) in [6, 6.07) is 12.9. The lowest BCUT2D eigenvalue weighted by Crippen LogP contribution is -2.54. The summed E-state index contributed by atoms with van der Waals surface area (Å²) >= 11 is 18.1. The number of urea groups is 1. The number of carbonyl (C=O) groups excluding carboxylic acids is 2. The van der Waals surface area contributed by atoms with E-state index < -0.39 is 0 Å². The van der Waals surface area contributed by atoms with Gasteiger partial charge in [0.2, 0.25) is 5.91 Å². The maximum atomic E-state index is 13.0. The molecule has 0 saturated carbocycles. The average molecular weight is 480 g/mol. The Hall–Kier alpha value is -2.41. The fourth-order valence-electron chi connectivity index (χ4n) is 3.68. The molecule has 0 radical (unpaired) electrons. The summed E-state index contributed by atoms with van der Waals surface area (Å²) < 4.78 is 0. The zero-order valence-corrected chi connectivity index (χ0v) is 18.9. The van der Waals surface area contributed by atoms with E-state index in [2.05, 4.69) is 4.90 Å². The standard InChI is InChI=1S/C22H21Cl3N4O2/c23-17-2-1-3-18(13-17)26-8-10-27(11-9-26)22(31)28-7-6-21(30)29(15-28)14-16-4-5-19(24)20(25)12-16/h1-7,12-13H,8-11,14-15H2. The fraction of sp³-hybridized carbons (Fsp3) is 0.273. The van der Waals surface area contributed by atoms with Gasteiger partial charge in [-0.2, -0.15) is 0 Å². The smallest absolute Gasteiger partial charge is 0.325 e. The van der Waals surface area contributed by atoms with Gasteiger partial charge in [-0.25, -0.2) is 4.79 Å².